The fraction of sp³-hybridized carbons (Fsp3) is 0.294. The van der Waals surface area contributed by atoms with Gasteiger partial charge in [0.25, 0.3) is 0 Å². The average Bonchev–Trinajstić information content (AvgIpc) is 2.98. The molecule has 1 aliphatic rings. The van der Waals surface area contributed by atoms with E-state index in [1.165, 1.54) is 5.56 Å². The topological polar surface area (TPSA) is 73.7 Å². The highest BCUT2D eigenvalue weighted by Gasteiger charge is 2.23. The smallest absolute Gasteiger partial charge is 0.354 e. The zero-order chi connectivity index (χ0) is 15.5. The Morgan fingerprint density at radius 2 is 2.05 bits per heavy atom. The molecule has 1 fully saturated rings. The second-order valence-corrected chi connectivity index (χ2v) is 5.68. The summed E-state index contributed by atoms with van der Waals surface area (Å²) in [7, 11) is 0. The maximum atomic E-state index is 11.0. The van der Waals surface area contributed by atoms with E-state index >= 15 is 0 Å². The SMILES string of the molecule is O=C(O)c1cc(N2CCC(Cc3ccc(O)cc3)C2)ccn1. The Balaban J connectivity index is 1.65. The number of aromatic carboxylic acids is 1. The van der Waals surface area contributed by atoms with E-state index in [4.69, 9.17) is 5.11 Å². The van der Waals surface area contributed by atoms with Gasteiger partial charge in [-0.15, -0.1) is 0 Å². The molecule has 0 radical (unpaired) electrons. The summed E-state index contributed by atoms with van der Waals surface area (Å²) in [5.74, 6) is -0.178. The van der Waals surface area contributed by atoms with Crippen molar-refractivity contribution in [2.75, 3.05) is 18.0 Å². The van der Waals surface area contributed by atoms with Crippen molar-refractivity contribution < 1.29 is 15.0 Å². The molecule has 22 heavy (non-hydrogen) atoms. The van der Waals surface area contributed by atoms with Gasteiger partial charge in [-0.25, -0.2) is 9.78 Å². The van der Waals surface area contributed by atoms with Crippen molar-refractivity contribution in [1.82, 2.24) is 4.98 Å². The van der Waals surface area contributed by atoms with Crippen LogP contribution in [0.15, 0.2) is 42.6 Å². The first kappa shape index (κ1) is 14.4. The van der Waals surface area contributed by atoms with E-state index in [9.17, 15) is 9.90 Å². The van der Waals surface area contributed by atoms with Gasteiger partial charge in [0.1, 0.15) is 11.4 Å². The minimum absolute atomic E-state index is 0.0829. The average molecular weight is 298 g/mol. The molecule has 114 valence electrons. The van der Waals surface area contributed by atoms with Crippen molar-refractivity contribution in [3.8, 4) is 5.75 Å². The summed E-state index contributed by atoms with van der Waals surface area (Å²) in [6.07, 6.45) is 3.59. The van der Waals surface area contributed by atoms with Gasteiger partial charge in [0, 0.05) is 25.0 Å². The molecule has 5 nitrogen and oxygen atoms in total. The number of rotatable bonds is 4. The predicted molar refractivity (Wildman–Crippen MR) is 83.3 cm³/mol. The monoisotopic (exact) mass is 298 g/mol. The summed E-state index contributed by atoms with van der Waals surface area (Å²) in [5.41, 5.74) is 2.21. The molecule has 1 saturated heterocycles. The molecule has 1 aromatic carbocycles. The molecular weight excluding hydrogens is 280 g/mol. The lowest BCUT2D eigenvalue weighted by Gasteiger charge is -2.19. The van der Waals surface area contributed by atoms with Crippen molar-refractivity contribution in [2.45, 2.75) is 12.8 Å². The van der Waals surface area contributed by atoms with Crippen LogP contribution in [0.1, 0.15) is 22.5 Å². The van der Waals surface area contributed by atoms with E-state index in [0.717, 1.165) is 31.6 Å². The first-order valence-electron chi connectivity index (χ1n) is 7.34. The molecule has 1 aliphatic heterocycles. The van der Waals surface area contributed by atoms with Crippen molar-refractivity contribution in [3.05, 3.63) is 53.9 Å². The number of carboxylic acid groups (broad SMARTS) is 1. The van der Waals surface area contributed by atoms with Gasteiger partial charge in [-0.1, -0.05) is 12.1 Å². The minimum atomic E-state index is -0.998. The molecule has 0 saturated carbocycles. The molecule has 1 unspecified atom stereocenters. The summed E-state index contributed by atoms with van der Waals surface area (Å²) >= 11 is 0. The highest BCUT2D eigenvalue weighted by Crippen LogP contribution is 2.26. The Labute approximate surface area is 128 Å². The lowest BCUT2D eigenvalue weighted by atomic mass is 9.99. The quantitative estimate of drug-likeness (QED) is 0.907. The number of phenolic OH excluding ortho intramolecular Hbond substituents is 1. The van der Waals surface area contributed by atoms with Crippen LogP contribution in [0.25, 0.3) is 0 Å². The van der Waals surface area contributed by atoms with Crippen LogP contribution in [0.3, 0.4) is 0 Å². The van der Waals surface area contributed by atoms with E-state index in [0.29, 0.717) is 5.92 Å². The number of carboxylic acids is 1. The van der Waals surface area contributed by atoms with E-state index in [1.54, 1.807) is 24.4 Å². The number of hydrogen-bond acceptors (Lipinski definition) is 4. The molecule has 3 rings (SSSR count). The van der Waals surface area contributed by atoms with Crippen LogP contribution in [-0.2, 0) is 6.42 Å². The number of nitrogens with zero attached hydrogens (tertiary/aromatic N) is 2. The lowest BCUT2D eigenvalue weighted by molar-refractivity contribution is 0.0690. The van der Waals surface area contributed by atoms with Gasteiger partial charge in [-0.3, -0.25) is 0 Å². The maximum absolute atomic E-state index is 11.0. The van der Waals surface area contributed by atoms with Crippen LogP contribution in [0.2, 0.25) is 0 Å². The van der Waals surface area contributed by atoms with Crippen LogP contribution in [0, 0.1) is 5.92 Å². The molecule has 5 heteroatoms. The van der Waals surface area contributed by atoms with Crippen molar-refractivity contribution in [3.63, 3.8) is 0 Å². The second-order valence-electron chi connectivity index (χ2n) is 5.68. The standard InChI is InChI=1S/C17H18N2O3/c20-15-3-1-12(2-4-15)9-13-6-8-19(11-13)14-5-7-18-16(10-14)17(21)22/h1-5,7,10,13,20H,6,8-9,11H2,(H,21,22). The molecule has 0 amide bonds. The van der Waals surface area contributed by atoms with Crippen molar-refractivity contribution in [1.29, 1.82) is 0 Å². The number of benzene rings is 1. The maximum Gasteiger partial charge on any atom is 0.354 e. The summed E-state index contributed by atoms with van der Waals surface area (Å²) < 4.78 is 0. The molecular formula is C17H18N2O3. The molecule has 0 bridgehead atoms. The van der Waals surface area contributed by atoms with Gasteiger partial charge in [0.2, 0.25) is 0 Å². The number of hydrogen-bond donors (Lipinski definition) is 2. The number of anilines is 1. The fourth-order valence-electron chi connectivity index (χ4n) is 2.93. The molecule has 1 atom stereocenters. The summed E-state index contributed by atoms with van der Waals surface area (Å²) in [6.45, 7) is 1.83. The third-order valence-electron chi connectivity index (χ3n) is 4.07. The van der Waals surface area contributed by atoms with Gasteiger partial charge in [0.15, 0.2) is 0 Å². The Morgan fingerprint density at radius 1 is 1.27 bits per heavy atom. The molecule has 2 aromatic rings. The highest BCUT2D eigenvalue weighted by atomic mass is 16.4. The van der Waals surface area contributed by atoms with Gasteiger partial charge in [-0.2, -0.15) is 0 Å². The largest absolute Gasteiger partial charge is 0.508 e. The number of phenols is 1. The van der Waals surface area contributed by atoms with E-state index in [1.807, 2.05) is 18.2 Å². The van der Waals surface area contributed by atoms with E-state index in [2.05, 4.69) is 9.88 Å². The second kappa shape index (κ2) is 6.05. The predicted octanol–water partition coefficient (Wildman–Crippen LogP) is 2.55. The zero-order valence-corrected chi connectivity index (χ0v) is 12.1. The van der Waals surface area contributed by atoms with Gasteiger partial charge in [0.05, 0.1) is 0 Å². The molecule has 2 N–H and O–H groups in total. The van der Waals surface area contributed by atoms with E-state index < -0.39 is 5.97 Å². The van der Waals surface area contributed by atoms with Gasteiger partial charge < -0.3 is 15.1 Å². The first-order valence-corrected chi connectivity index (χ1v) is 7.34. The summed E-state index contributed by atoms with van der Waals surface area (Å²) in [4.78, 5) is 17.1. The van der Waals surface area contributed by atoms with Gasteiger partial charge >= 0.3 is 5.97 Å². The van der Waals surface area contributed by atoms with Crippen molar-refractivity contribution >= 4 is 11.7 Å². The van der Waals surface area contributed by atoms with Crippen LogP contribution in [0.4, 0.5) is 5.69 Å². The summed E-state index contributed by atoms with van der Waals surface area (Å²) in [5, 5.41) is 18.3. The Hall–Kier alpha value is -2.56. The highest BCUT2D eigenvalue weighted by molar-refractivity contribution is 5.86. The molecule has 2 heterocycles. The van der Waals surface area contributed by atoms with Gasteiger partial charge in [-0.05, 0) is 48.6 Å². The van der Waals surface area contributed by atoms with Crippen LogP contribution in [-0.4, -0.2) is 34.3 Å². The zero-order valence-electron chi connectivity index (χ0n) is 12.1. The Morgan fingerprint density at radius 3 is 2.77 bits per heavy atom. The number of aromatic hydroxyl groups is 1. The number of aromatic nitrogens is 1. The minimum Gasteiger partial charge on any atom is -0.508 e. The van der Waals surface area contributed by atoms with Crippen LogP contribution >= 0.6 is 0 Å². The first-order chi connectivity index (χ1) is 10.6. The van der Waals surface area contributed by atoms with Crippen LogP contribution < -0.4 is 4.90 Å². The van der Waals surface area contributed by atoms with Crippen LogP contribution in [0.5, 0.6) is 5.75 Å². The Kier molecular flexibility index (Phi) is 3.96. The summed E-state index contributed by atoms with van der Waals surface area (Å²) in [6, 6.07) is 10.8. The number of carbonyl (C=O) groups is 1. The third kappa shape index (κ3) is 3.19. The fourth-order valence-corrected chi connectivity index (χ4v) is 2.93. The molecule has 0 aliphatic carbocycles. The normalized spacial score (nSPS) is 17.6. The Bertz CT molecular complexity index is 670. The molecule has 1 aromatic heterocycles. The molecule has 0 spiro atoms. The number of pyridine rings is 1. The van der Waals surface area contributed by atoms with Crippen molar-refractivity contribution in [2.24, 2.45) is 5.92 Å². The lowest BCUT2D eigenvalue weighted by Crippen LogP contribution is -2.20. The van der Waals surface area contributed by atoms with E-state index in [-0.39, 0.29) is 11.4 Å². The third-order valence-corrected chi connectivity index (χ3v) is 4.07.